The van der Waals surface area contributed by atoms with Crippen molar-refractivity contribution in [2.75, 3.05) is 13.1 Å². The number of carboxylic acids is 1. The molecule has 15 heavy (non-hydrogen) atoms. The highest BCUT2D eigenvalue weighted by Gasteiger charge is 2.18. The van der Waals surface area contributed by atoms with Gasteiger partial charge in [-0.1, -0.05) is 0 Å². The van der Waals surface area contributed by atoms with Crippen LogP contribution in [0.1, 0.15) is 12.8 Å². The SMILES string of the molecule is O=C(O)C#CC(=O)NC(=O)N1CCCC1. The number of likely N-dealkylation sites (tertiary alicyclic amines) is 1. The molecular formula is C9H10N2O4. The number of hydrogen-bond acceptors (Lipinski definition) is 3. The zero-order valence-electron chi connectivity index (χ0n) is 7.95. The molecule has 0 spiro atoms. The van der Waals surface area contributed by atoms with Crippen LogP contribution >= 0.6 is 0 Å². The number of hydrogen-bond donors (Lipinski definition) is 2. The van der Waals surface area contributed by atoms with Crippen LogP contribution in [-0.4, -0.2) is 41.0 Å². The second-order valence-corrected chi connectivity index (χ2v) is 3.01. The minimum atomic E-state index is -1.40. The number of amides is 3. The molecule has 0 saturated carbocycles. The van der Waals surface area contributed by atoms with Crippen LogP contribution in [0.2, 0.25) is 0 Å². The molecule has 0 radical (unpaired) electrons. The van der Waals surface area contributed by atoms with Gasteiger partial charge >= 0.3 is 17.9 Å². The van der Waals surface area contributed by atoms with Crippen molar-refractivity contribution in [1.29, 1.82) is 0 Å². The molecule has 0 bridgehead atoms. The number of rotatable bonds is 0. The fourth-order valence-corrected chi connectivity index (χ4v) is 1.24. The molecule has 0 atom stereocenters. The van der Waals surface area contributed by atoms with Crippen LogP contribution in [0.15, 0.2) is 0 Å². The van der Waals surface area contributed by atoms with Crippen LogP contribution in [0.25, 0.3) is 0 Å². The number of carbonyl (C=O) groups is 3. The summed E-state index contributed by atoms with van der Waals surface area (Å²) in [7, 11) is 0. The van der Waals surface area contributed by atoms with Crippen LogP contribution in [0, 0.1) is 11.8 Å². The monoisotopic (exact) mass is 210 g/mol. The van der Waals surface area contributed by atoms with Crippen molar-refractivity contribution >= 4 is 17.9 Å². The van der Waals surface area contributed by atoms with Crippen molar-refractivity contribution in [3.8, 4) is 11.8 Å². The first-order valence-electron chi connectivity index (χ1n) is 4.44. The summed E-state index contributed by atoms with van der Waals surface area (Å²) in [6.07, 6.45) is 1.84. The van der Waals surface area contributed by atoms with Crippen molar-refractivity contribution in [2.24, 2.45) is 0 Å². The third-order valence-electron chi connectivity index (χ3n) is 1.90. The zero-order chi connectivity index (χ0) is 11.3. The molecule has 3 amide bonds. The lowest BCUT2D eigenvalue weighted by Gasteiger charge is -2.13. The van der Waals surface area contributed by atoms with Gasteiger partial charge in [-0.2, -0.15) is 0 Å². The standard InChI is InChI=1S/C9H10N2O4/c12-7(3-4-8(13)14)10-9(15)11-5-1-2-6-11/h1-2,5-6H2,(H,13,14)(H,10,12,15). The molecule has 0 aromatic heterocycles. The molecular weight excluding hydrogens is 200 g/mol. The molecule has 1 fully saturated rings. The Morgan fingerprint density at radius 2 is 1.73 bits per heavy atom. The minimum absolute atomic E-state index is 0.516. The van der Waals surface area contributed by atoms with Crippen molar-refractivity contribution < 1.29 is 19.5 Å². The highest BCUT2D eigenvalue weighted by molar-refractivity contribution is 6.06. The smallest absolute Gasteiger partial charge is 0.382 e. The van der Waals surface area contributed by atoms with Crippen LogP contribution < -0.4 is 5.32 Å². The van der Waals surface area contributed by atoms with E-state index in [1.807, 2.05) is 5.32 Å². The molecule has 6 heteroatoms. The van der Waals surface area contributed by atoms with Gasteiger partial charge in [0.25, 0.3) is 0 Å². The molecule has 80 valence electrons. The molecule has 0 aliphatic carbocycles. The minimum Gasteiger partial charge on any atom is -0.472 e. The number of aliphatic carboxylic acids is 1. The van der Waals surface area contributed by atoms with Gasteiger partial charge in [0.2, 0.25) is 0 Å². The van der Waals surface area contributed by atoms with Gasteiger partial charge in [-0.3, -0.25) is 10.1 Å². The van der Waals surface area contributed by atoms with Gasteiger partial charge in [-0.25, -0.2) is 9.59 Å². The van der Waals surface area contributed by atoms with Crippen molar-refractivity contribution in [3.63, 3.8) is 0 Å². The first-order chi connectivity index (χ1) is 7.09. The number of carboxylic acid groups (broad SMARTS) is 1. The molecule has 0 aromatic rings. The third kappa shape index (κ3) is 3.68. The van der Waals surface area contributed by atoms with E-state index in [-0.39, 0.29) is 0 Å². The van der Waals surface area contributed by atoms with E-state index < -0.39 is 17.9 Å². The third-order valence-corrected chi connectivity index (χ3v) is 1.90. The van der Waals surface area contributed by atoms with Gasteiger partial charge in [-0.15, -0.1) is 0 Å². The highest BCUT2D eigenvalue weighted by atomic mass is 16.4. The van der Waals surface area contributed by atoms with Crippen LogP contribution in [-0.2, 0) is 9.59 Å². The van der Waals surface area contributed by atoms with E-state index in [9.17, 15) is 14.4 Å². The Morgan fingerprint density at radius 1 is 1.13 bits per heavy atom. The van der Waals surface area contributed by atoms with Crippen molar-refractivity contribution in [2.45, 2.75) is 12.8 Å². The molecule has 1 saturated heterocycles. The number of carbonyl (C=O) groups excluding carboxylic acids is 2. The number of nitrogens with one attached hydrogen (secondary N) is 1. The lowest BCUT2D eigenvalue weighted by atomic mass is 10.4. The maximum absolute atomic E-state index is 11.3. The van der Waals surface area contributed by atoms with E-state index in [1.165, 1.54) is 4.90 Å². The molecule has 1 rings (SSSR count). The Balaban J connectivity index is 2.41. The van der Waals surface area contributed by atoms with E-state index in [1.54, 1.807) is 11.8 Å². The van der Waals surface area contributed by atoms with Gasteiger partial charge in [0.1, 0.15) is 0 Å². The second-order valence-electron chi connectivity index (χ2n) is 3.01. The van der Waals surface area contributed by atoms with E-state index in [0.717, 1.165) is 12.8 Å². The van der Waals surface area contributed by atoms with Crippen molar-refractivity contribution in [1.82, 2.24) is 10.2 Å². The van der Waals surface area contributed by atoms with E-state index in [0.29, 0.717) is 13.1 Å². The maximum Gasteiger partial charge on any atom is 0.382 e. The normalized spacial score (nSPS) is 14.0. The Bertz CT molecular complexity index is 347. The average molecular weight is 210 g/mol. The fraction of sp³-hybridized carbons (Fsp3) is 0.444. The molecule has 2 N–H and O–H groups in total. The molecule has 1 heterocycles. The van der Waals surface area contributed by atoms with Crippen LogP contribution in [0.5, 0.6) is 0 Å². The second kappa shape index (κ2) is 5.00. The largest absolute Gasteiger partial charge is 0.472 e. The van der Waals surface area contributed by atoms with Gasteiger partial charge in [-0.05, 0) is 12.8 Å². The van der Waals surface area contributed by atoms with Gasteiger partial charge in [0, 0.05) is 24.9 Å². The van der Waals surface area contributed by atoms with Gasteiger partial charge in [0.05, 0.1) is 0 Å². The summed E-state index contributed by atoms with van der Waals surface area (Å²) in [5, 5.41) is 10.1. The molecule has 0 aromatic carbocycles. The Kier molecular flexibility index (Phi) is 3.68. The Morgan fingerprint density at radius 3 is 2.27 bits per heavy atom. The van der Waals surface area contributed by atoms with Gasteiger partial charge in [0.15, 0.2) is 0 Å². The van der Waals surface area contributed by atoms with E-state index >= 15 is 0 Å². The highest BCUT2D eigenvalue weighted by Crippen LogP contribution is 2.06. The summed E-state index contributed by atoms with van der Waals surface area (Å²) in [5.41, 5.74) is 0. The summed E-state index contributed by atoms with van der Waals surface area (Å²) in [6, 6.07) is -0.516. The topological polar surface area (TPSA) is 86.7 Å². The Labute approximate surface area is 86.2 Å². The quantitative estimate of drug-likeness (QED) is 0.523. The van der Waals surface area contributed by atoms with Crippen LogP contribution in [0.3, 0.4) is 0 Å². The van der Waals surface area contributed by atoms with E-state index in [4.69, 9.17) is 5.11 Å². The predicted molar refractivity (Wildman–Crippen MR) is 49.8 cm³/mol. The summed E-state index contributed by atoms with van der Waals surface area (Å²) >= 11 is 0. The molecule has 6 nitrogen and oxygen atoms in total. The average Bonchev–Trinajstić information content (AvgIpc) is 2.67. The lowest BCUT2D eigenvalue weighted by molar-refractivity contribution is -0.130. The Hall–Kier alpha value is -2.03. The van der Waals surface area contributed by atoms with Gasteiger partial charge < -0.3 is 10.0 Å². The maximum atomic E-state index is 11.3. The summed E-state index contributed by atoms with van der Waals surface area (Å²) in [5.74, 6) is 1.12. The molecule has 1 aliphatic rings. The number of nitrogens with zero attached hydrogens (tertiary/aromatic N) is 1. The van der Waals surface area contributed by atoms with E-state index in [2.05, 4.69) is 0 Å². The van der Waals surface area contributed by atoms with Crippen LogP contribution in [0.4, 0.5) is 4.79 Å². The number of imide groups is 1. The summed E-state index contributed by atoms with van der Waals surface area (Å²) < 4.78 is 0. The summed E-state index contributed by atoms with van der Waals surface area (Å²) in [4.78, 5) is 33.7. The zero-order valence-corrected chi connectivity index (χ0v) is 7.95. The lowest BCUT2D eigenvalue weighted by Crippen LogP contribution is -2.40. The molecule has 0 unspecified atom stereocenters. The first-order valence-corrected chi connectivity index (χ1v) is 4.44. The predicted octanol–water partition coefficient (Wildman–Crippen LogP) is -0.594. The first kappa shape index (κ1) is 11.0. The number of urea groups is 1. The fourth-order valence-electron chi connectivity index (χ4n) is 1.24. The summed E-state index contributed by atoms with van der Waals surface area (Å²) in [6.45, 7) is 1.23. The van der Waals surface area contributed by atoms with Crippen molar-refractivity contribution in [3.05, 3.63) is 0 Å². The molecule has 1 aliphatic heterocycles.